The van der Waals surface area contributed by atoms with Crippen LogP contribution in [-0.2, 0) is 11.0 Å². The highest BCUT2D eigenvalue weighted by Gasteiger charge is 2.39. The first-order valence-corrected chi connectivity index (χ1v) is 6.12. The summed E-state index contributed by atoms with van der Waals surface area (Å²) in [5, 5.41) is 13.3. The molecule has 1 aromatic rings. The maximum Gasteiger partial charge on any atom is 0.423 e. The van der Waals surface area contributed by atoms with Gasteiger partial charge in [-0.25, -0.2) is 0 Å². The summed E-state index contributed by atoms with van der Waals surface area (Å²) in [6, 6.07) is 2.12. The molecule has 1 atom stereocenters. The predicted molar refractivity (Wildman–Crippen MR) is 67.9 cm³/mol. The van der Waals surface area contributed by atoms with Gasteiger partial charge >= 0.3 is 6.18 Å². The molecule has 1 saturated heterocycles. The fraction of sp³-hybridized carbons (Fsp3) is 0.417. The van der Waals surface area contributed by atoms with E-state index >= 15 is 0 Å². The van der Waals surface area contributed by atoms with Gasteiger partial charge < -0.3 is 10.2 Å². The van der Waals surface area contributed by atoms with Crippen LogP contribution in [-0.4, -0.2) is 30.0 Å². The molecule has 6 nitrogen and oxygen atoms in total. The minimum Gasteiger partial charge on any atom is -0.358 e. The quantitative estimate of drug-likeness (QED) is 0.669. The Morgan fingerprint density at radius 2 is 2.10 bits per heavy atom. The van der Waals surface area contributed by atoms with E-state index in [1.165, 1.54) is 11.0 Å². The Balaban J connectivity index is 2.47. The van der Waals surface area contributed by atoms with Crippen LogP contribution in [0.2, 0.25) is 0 Å². The zero-order chi connectivity index (χ0) is 15.8. The van der Waals surface area contributed by atoms with Crippen LogP contribution in [0, 0.1) is 10.1 Å². The van der Waals surface area contributed by atoms with Gasteiger partial charge in [0.25, 0.3) is 5.69 Å². The van der Waals surface area contributed by atoms with Crippen LogP contribution in [0.1, 0.15) is 12.5 Å². The van der Waals surface area contributed by atoms with Crippen LogP contribution in [0.4, 0.5) is 24.5 Å². The molecule has 2 rings (SSSR count). The highest BCUT2D eigenvalue weighted by atomic mass is 19.4. The molecule has 21 heavy (non-hydrogen) atoms. The highest BCUT2D eigenvalue weighted by Crippen LogP contribution is 2.38. The summed E-state index contributed by atoms with van der Waals surface area (Å²) in [5.41, 5.74) is -2.18. The van der Waals surface area contributed by atoms with Crippen LogP contribution in [0.5, 0.6) is 0 Å². The number of anilines is 1. The third kappa shape index (κ3) is 2.91. The van der Waals surface area contributed by atoms with Gasteiger partial charge in [0.15, 0.2) is 0 Å². The Hall–Kier alpha value is -2.32. The number of nitro benzene ring substituents is 1. The molecule has 1 aromatic carbocycles. The lowest BCUT2D eigenvalue weighted by atomic mass is 10.1. The predicted octanol–water partition coefficient (Wildman–Crippen LogP) is 1.94. The molecule has 1 N–H and O–H groups in total. The fourth-order valence-corrected chi connectivity index (χ4v) is 2.22. The van der Waals surface area contributed by atoms with Gasteiger partial charge in [0.2, 0.25) is 5.91 Å². The molecule has 0 spiro atoms. The number of benzene rings is 1. The van der Waals surface area contributed by atoms with Crippen LogP contribution in [0.15, 0.2) is 18.2 Å². The zero-order valence-electron chi connectivity index (χ0n) is 11.0. The molecule has 1 aliphatic heterocycles. The minimum atomic E-state index is -4.83. The Labute approximate surface area is 117 Å². The number of carbonyl (C=O) groups is 1. The Morgan fingerprint density at radius 3 is 2.67 bits per heavy atom. The number of halogens is 3. The lowest BCUT2D eigenvalue weighted by Crippen LogP contribution is -2.54. The van der Waals surface area contributed by atoms with Gasteiger partial charge in [0.05, 0.1) is 4.92 Å². The van der Waals surface area contributed by atoms with Crippen molar-refractivity contribution >= 4 is 17.3 Å². The second-order valence-corrected chi connectivity index (χ2v) is 4.62. The van der Waals surface area contributed by atoms with Gasteiger partial charge in [-0.05, 0) is 19.1 Å². The van der Waals surface area contributed by atoms with E-state index in [0.29, 0.717) is 19.2 Å². The molecule has 1 amide bonds. The molecular weight excluding hydrogens is 291 g/mol. The first-order chi connectivity index (χ1) is 9.71. The second kappa shape index (κ2) is 5.23. The maximum absolute atomic E-state index is 12.9. The maximum atomic E-state index is 12.9. The van der Waals surface area contributed by atoms with Crippen LogP contribution in [0.25, 0.3) is 0 Å². The number of piperazine rings is 1. The molecule has 0 saturated carbocycles. The molecular formula is C12H12F3N3O3. The summed E-state index contributed by atoms with van der Waals surface area (Å²) < 4.78 is 38.8. The molecule has 0 bridgehead atoms. The van der Waals surface area contributed by atoms with E-state index in [9.17, 15) is 28.1 Å². The van der Waals surface area contributed by atoms with Crippen LogP contribution >= 0.6 is 0 Å². The molecule has 0 radical (unpaired) electrons. The summed E-state index contributed by atoms with van der Waals surface area (Å²) >= 11 is 0. The number of alkyl halides is 3. The largest absolute Gasteiger partial charge is 0.423 e. The second-order valence-electron chi connectivity index (χ2n) is 4.62. The van der Waals surface area contributed by atoms with Crippen LogP contribution in [0.3, 0.4) is 0 Å². The SMILES string of the molecule is CC1C(=O)NCCN1c1ccc([N+](=O)[O-])c(C(F)(F)F)c1. The first kappa shape index (κ1) is 15.1. The Morgan fingerprint density at radius 1 is 1.43 bits per heavy atom. The average Bonchev–Trinajstić information content (AvgIpc) is 2.40. The Kier molecular flexibility index (Phi) is 3.75. The van der Waals surface area contributed by atoms with Crippen molar-refractivity contribution in [3.05, 3.63) is 33.9 Å². The van der Waals surface area contributed by atoms with Gasteiger partial charge in [-0.3, -0.25) is 14.9 Å². The summed E-state index contributed by atoms with van der Waals surface area (Å²) in [5.74, 6) is -0.298. The number of rotatable bonds is 2. The van der Waals surface area contributed by atoms with Crippen molar-refractivity contribution in [2.24, 2.45) is 0 Å². The molecule has 0 aromatic heterocycles. The van der Waals surface area contributed by atoms with Crippen molar-refractivity contribution in [3.8, 4) is 0 Å². The van der Waals surface area contributed by atoms with Crippen molar-refractivity contribution in [3.63, 3.8) is 0 Å². The smallest absolute Gasteiger partial charge is 0.358 e. The number of hydrogen-bond donors (Lipinski definition) is 1. The van der Waals surface area contributed by atoms with E-state index in [2.05, 4.69) is 5.32 Å². The van der Waals surface area contributed by atoms with Gasteiger partial charge in [-0.15, -0.1) is 0 Å². The number of nitrogens with zero attached hydrogens (tertiary/aromatic N) is 2. The van der Waals surface area contributed by atoms with E-state index in [-0.39, 0.29) is 11.6 Å². The monoisotopic (exact) mass is 303 g/mol. The number of nitrogens with one attached hydrogen (secondary N) is 1. The topological polar surface area (TPSA) is 75.5 Å². The molecule has 1 aliphatic rings. The van der Waals surface area contributed by atoms with Crippen molar-refractivity contribution in [1.82, 2.24) is 5.32 Å². The average molecular weight is 303 g/mol. The normalized spacial score (nSPS) is 19.3. The third-order valence-corrected chi connectivity index (χ3v) is 3.31. The summed E-state index contributed by atoms with van der Waals surface area (Å²) in [4.78, 5) is 22.7. The standard InChI is InChI=1S/C12H12F3N3O3/c1-7-11(19)16-4-5-17(7)8-2-3-10(18(20)21)9(6-8)12(13,14)15/h2-3,6-7H,4-5H2,1H3,(H,16,19). The molecule has 9 heteroatoms. The van der Waals surface area contributed by atoms with E-state index in [1.807, 2.05) is 0 Å². The number of nitro groups is 1. The zero-order valence-corrected chi connectivity index (χ0v) is 11.0. The third-order valence-electron chi connectivity index (χ3n) is 3.31. The van der Waals surface area contributed by atoms with Crippen molar-refractivity contribution < 1.29 is 22.9 Å². The van der Waals surface area contributed by atoms with Gasteiger partial charge in [0.1, 0.15) is 11.6 Å². The number of carbonyl (C=O) groups excluding carboxylic acids is 1. The van der Waals surface area contributed by atoms with Gasteiger partial charge in [-0.2, -0.15) is 13.2 Å². The van der Waals surface area contributed by atoms with E-state index in [1.54, 1.807) is 6.92 Å². The van der Waals surface area contributed by atoms with E-state index in [0.717, 1.165) is 6.07 Å². The fourth-order valence-electron chi connectivity index (χ4n) is 2.22. The van der Waals surface area contributed by atoms with Gasteiger partial charge in [0, 0.05) is 24.8 Å². The minimum absolute atomic E-state index is 0.135. The number of hydrogen-bond acceptors (Lipinski definition) is 4. The summed E-state index contributed by atoms with van der Waals surface area (Å²) in [6.45, 7) is 2.20. The van der Waals surface area contributed by atoms with Crippen molar-refractivity contribution in [2.45, 2.75) is 19.1 Å². The summed E-state index contributed by atoms with van der Waals surface area (Å²) in [7, 11) is 0. The molecule has 0 aliphatic carbocycles. The lowest BCUT2D eigenvalue weighted by molar-refractivity contribution is -0.388. The van der Waals surface area contributed by atoms with Gasteiger partial charge in [-0.1, -0.05) is 0 Å². The number of amides is 1. The van der Waals surface area contributed by atoms with Crippen molar-refractivity contribution in [1.29, 1.82) is 0 Å². The highest BCUT2D eigenvalue weighted by molar-refractivity contribution is 5.86. The van der Waals surface area contributed by atoms with E-state index < -0.39 is 28.4 Å². The lowest BCUT2D eigenvalue weighted by Gasteiger charge is -2.34. The first-order valence-electron chi connectivity index (χ1n) is 6.12. The van der Waals surface area contributed by atoms with Crippen molar-refractivity contribution in [2.75, 3.05) is 18.0 Å². The Bertz CT molecular complexity index is 589. The summed E-state index contributed by atoms with van der Waals surface area (Å²) in [6.07, 6.45) is -4.83. The molecule has 114 valence electrons. The molecule has 1 fully saturated rings. The van der Waals surface area contributed by atoms with E-state index in [4.69, 9.17) is 0 Å². The van der Waals surface area contributed by atoms with Crippen LogP contribution < -0.4 is 10.2 Å². The molecule has 1 heterocycles. The molecule has 1 unspecified atom stereocenters.